The molecule has 0 aliphatic heterocycles. The molecule has 1 aromatic carbocycles. The fourth-order valence-electron chi connectivity index (χ4n) is 2.63. The minimum Gasteiger partial charge on any atom is -0.497 e. The fourth-order valence-corrected chi connectivity index (χ4v) is 3.42. The molecule has 0 atom stereocenters. The monoisotopic (exact) mass is 397 g/mol. The van der Waals surface area contributed by atoms with Gasteiger partial charge in [0.25, 0.3) is 0 Å². The zero-order valence-corrected chi connectivity index (χ0v) is 16.8. The number of aromatic nitrogens is 4. The van der Waals surface area contributed by atoms with Gasteiger partial charge in [0.1, 0.15) is 11.4 Å². The van der Waals surface area contributed by atoms with Crippen LogP contribution >= 0.6 is 11.8 Å². The number of carbonyl (C=O) groups excluding carboxylic acids is 1. The molecule has 0 spiro atoms. The van der Waals surface area contributed by atoms with E-state index >= 15 is 0 Å². The van der Waals surface area contributed by atoms with Gasteiger partial charge in [0, 0.05) is 19.3 Å². The number of nitrogens with one attached hydrogen (secondary N) is 1. The molecule has 0 saturated heterocycles. The van der Waals surface area contributed by atoms with E-state index in [0.29, 0.717) is 6.54 Å². The van der Waals surface area contributed by atoms with Crippen LogP contribution in [0, 0.1) is 0 Å². The molecule has 2 heterocycles. The molecule has 3 rings (SSSR count). The molecule has 7 nitrogen and oxygen atoms in total. The van der Waals surface area contributed by atoms with E-state index in [1.807, 2.05) is 47.0 Å². The lowest BCUT2D eigenvalue weighted by atomic mass is 10.2. The maximum absolute atomic E-state index is 12.2. The predicted octanol–water partition coefficient (Wildman–Crippen LogP) is 3.17. The Labute approximate surface area is 168 Å². The van der Waals surface area contributed by atoms with Crippen LogP contribution in [0.3, 0.4) is 0 Å². The predicted molar refractivity (Wildman–Crippen MR) is 109 cm³/mol. The molecule has 28 heavy (non-hydrogen) atoms. The summed E-state index contributed by atoms with van der Waals surface area (Å²) in [4.78, 5) is 16.6. The number of hydrogen-bond donors (Lipinski definition) is 1. The van der Waals surface area contributed by atoms with Gasteiger partial charge in [-0.2, -0.15) is 0 Å². The molecule has 0 radical (unpaired) electrons. The van der Waals surface area contributed by atoms with Crippen LogP contribution in [0.15, 0.2) is 53.8 Å². The molecule has 0 saturated carbocycles. The summed E-state index contributed by atoms with van der Waals surface area (Å²) < 4.78 is 7.15. The normalized spacial score (nSPS) is 10.6. The number of carbonyl (C=O) groups is 1. The molecule has 0 fully saturated rings. The fraction of sp³-hybridized carbons (Fsp3) is 0.300. The van der Waals surface area contributed by atoms with E-state index in [2.05, 4.69) is 27.4 Å². The number of rotatable bonds is 9. The van der Waals surface area contributed by atoms with Crippen molar-refractivity contribution in [2.24, 2.45) is 0 Å². The summed E-state index contributed by atoms with van der Waals surface area (Å²) in [7, 11) is 1.63. The number of pyridine rings is 1. The summed E-state index contributed by atoms with van der Waals surface area (Å²) in [6.45, 7) is 3.34. The van der Waals surface area contributed by atoms with Gasteiger partial charge in [-0.25, -0.2) is 0 Å². The lowest BCUT2D eigenvalue weighted by molar-refractivity contribution is -0.118. The third-order valence-corrected chi connectivity index (χ3v) is 5.01. The number of methoxy groups -OCH3 is 1. The maximum Gasteiger partial charge on any atom is 0.230 e. The van der Waals surface area contributed by atoms with Crippen molar-refractivity contribution < 1.29 is 9.53 Å². The van der Waals surface area contributed by atoms with Gasteiger partial charge >= 0.3 is 0 Å². The van der Waals surface area contributed by atoms with E-state index < -0.39 is 0 Å². The Hall–Kier alpha value is -2.87. The highest BCUT2D eigenvalue weighted by molar-refractivity contribution is 7.99. The van der Waals surface area contributed by atoms with Crippen molar-refractivity contribution in [1.82, 2.24) is 25.1 Å². The van der Waals surface area contributed by atoms with E-state index in [1.165, 1.54) is 11.8 Å². The highest BCUT2D eigenvalue weighted by Gasteiger charge is 2.15. The summed E-state index contributed by atoms with van der Waals surface area (Å²) in [5.41, 5.74) is 1.80. The van der Waals surface area contributed by atoms with Gasteiger partial charge in [0.15, 0.2) is 11.0 Å². The van der Waals surface area contributed by atoms with Crippen LogP contribution in [0.1, 0.15) is 18.9 Å². The number of thioether (sulfide) groups is 1. The van der Waals surface area contributed by atoms with Gasteiger partial charge in [-0.3, -0.25) is 9.78 Å². The molecule has 0 unspecified atom stereocenters. The first-order valence-corrected chi connectivity index (χ1v) is 10.1. The Bertz CT molecular complexity index is 897. The maximum atomic E-state index is 12.2. The van der Waals surface area contributed by atoms with Gasteiger partial charge in [0.05, 0.1) is 12.9 Å². The topological polar surface area (TPSA) is 81.9 Å². The van der Waals surface area contributed by atoms with Crippen LogP contribution < -0.4 is 10.1 Å². The number of benzene rings is 1. The molecule has 1 amide bonds. The quantitative estimate of drug-likeness (QED) is 0.559. The summed E-state index contributed by atoms with van der Waals surface area (Å²) in [6.07, 6.45) is 2.68. The summed E-state index contributed by atoms with van der Waals surface area (Å²) in [5, 5.41) is 12.2. The molecular weight excluding hydrogens is 374 g/mol. The van der Waals surface area contributed by atoms with Crippen LogP contribution in [0.4, 0.5) is 0 Å². The van der Waals surface area contributed by atoms with Crippen molar-refractivity contribution in [3.05, 3.63) is 54.2 Å². The van der Waals surface area contributed by atoms with Crippen molar-refractivity contribution in [3.8, 4) is 17.3 Å². The second-order valence-corrected chi connectivity index (χ2v) is 7.03. The van der Waals surface area contributed by atoms with Crippen molar-refractivity contribution in [1.29, 1.82) is 0 Å². The molecule has 0 aliphatic rings. The number of nitrogens with zero attached hydrogens (tertiary/aromatic N) is 4. The van der Waals surface area contributed by atoms with Gasteiger partial charge in [-0.05, 0) is 36.2 Å². The summed E-state index contributed by atoms with van der Waals surface area (Å²) >= 11 is 1.38. The van der Waals surface area contributed by atoms with Crippen LogP contribution in [0.2, 0.25) is 0 Å². The lowest BCUT2D eigenvalue weighted by Crippen LogP contribution is -2.24. The Morgan fingerprint density at radius 1 is 1.18 bits per heavy atom. The standard InChI is InChI=1S/C20H23N5O2S/c1-3-12-25-19(17-6-4-5-11-21-17)23-24-20(25)28-14-18(26)22-13-15-7-9-16(27-2)10-8-15/h4-11H,3,12-14H2,1-2H3,(H,22,26). The first kappa shape index (κ1) is 19.9. The van der Waals surface area contributed by atoms with Gasteiger partial charge in [0.2, 0.25) is 5.91 Å². The van der Waals surface area contributed by atoms with Gasteiger partial charge in [-0.1, -0.05) is 36.9 Å². The first-order chi connectivity index (χ1) is 13.7. The third kappa shape index (κ3) is 5.10. The Morgan fingerprint density at radius 3 is 2.68 bits per heavy atom. The zero-order chi connectivity index (χ0) is 19.8. The van der Waals surface area contributed by atoms with Crippen LogP contribution in [-0.2, 0) is 17.9 Å². The molecule has 3 aromatic rings. The zero-order valence-electron chi connectivity index (χ0n) is 16.0. The van der Waals surface area contributed by atoms with E-state index in [-0.39, 0.29) is 11.7 Å². The SMILES string of the molecule is CCCn1c(SCC(=O)NCc2ccc(OC)cc2)nnc1-c1ccccn1. The smallest absolute Gasteiger partial charge is 0.230 e. The highest BCUT2D eigenvalue weighted by atomic mass is 32.2. The Balaban J connectivity index is 1.58. The summed E-state index contributed by atoms with van der Waals surface area (Å²) in [5.74, 6) is 1.75. The number of amides is 1. The minimum atomic E-state index is -0.0498. The number of ether oxygens (including phenoxy) is 1. The molecule has 2 aromatic heterocycles. The van der Waals surface area contributed by atoms with Crippen LogP contribution in [-0.4, -0.2) is 38.5 Å². The van der Waals surface area contributed by atoms with Crippen molar-refractivity contribution >= 4 is 17.7 Å². The second-order valence-electron chi connectivity index (χ2n) is 6.09. The van der Waals surface area contributed by atoms with Crippen LogP contribution in [0.5, 0.6) is 5.75 Å². The van der Waals surface area contributed by atoms with Crippen LogP contribution in [0.25, 0.3) is 11.5 Å². The van der Waals surface area contributed by atoms with E-state index in [1.54, 1.807) is 13.3 Å². The second kappa shape index (κ2) is 9.89. The van der Waals surface area contributed by atoms with Gasteiger partial charge in [-0.15, -0.1) is 10.2 Å². The first-order valence-electron chi connectivity index (χ1n) is 9.08. The largest absolute Gasteiger partial charge is 0.497 e. The highest BCUT2D eigenvalue weighted by Crippen LogP contribution is 2.23. The lowest BCUT2D eigenvalue weighted by Gasteiger charge is -2.09. The molecule has 0 bridgehead atoms. The van der Waals surface area contributed by atoms with E-state index in [4.69, 9.17) is 4.74 Å². The van der Waals surface area contributed by atoms with Crippen molar-refractivity contribution in [3.63, 3.8) is 0 Å². The molecule has 8 heteroatoms. The summed E-state index contributed by atoms with van der Waals surface area (Å²) in [6, 6.07) is 13.3. The number of hydrogen-bond acceptors (Lipinski definition) is 6. The Kier molecular flexibility index (Phi) is 7.02. The third-order valence-electron chi connectivity index (χ3n) is 4.04. The average Bonchev–Trinajstić information content (AvgIpc) is 3.14. The Morgan fingerprint density at radius 2 is 2.00 bits per heavy atom. The molecule has 146 valence electrons. The van der Waals surface area contributed by atoms with Crippen molar-refractivity contribution in [2.45, 2.75) is 31.6 Å². The van der Waals surface area contributed by atoms with E-state index in [0.717, 1.165) is 41.0 Å². The van der Waals surface area contributed by atoms with Gasteiger partial charge < -0.3 is 14.6 Å². The molecule has 0 aliphatic carbocycles. The minimum absolute atomic E-state index is 0.0498. The molecular formula is C20H23N5O2S. The van der Waals surface area contributed by atoms with E-state index in [9.17, 15) is 4.79 Å². The average molecular weight is 398 g/mol. The molecule has 1 N–H and O–H groups in total. The van der Waals surface area contributed by atoms with Crippen molar-refractivity contribution in [2.75, 3.05) is 12.9 Å².